The van der Waals surface area contributed by atoms with Gasteiger partial charge in [0.05, 0.1) is 29.2 Å². The van der Waals surface area contributed by atoms with Gasteiger partial charge in [0, 0.05) is 11.8 Å². The van der Waals surface area contributed by atoms with Crippen LogP contribution in [0.3, 0.4) is 0 Å². The Bertz CT molecular complexity index is 815. The van der Waals surface area contributed by atoms with E-state index in [9.17, 15) is 9.18 Å². The zero-order chi connectivity index (χ0) is 16.2. The number of halogens is 1. The number of benzene rings is 1. The van der Waals surface area contributed by atoms with Gasteiger partial charge in [0.1, 0.15) is 5.82 Å². The first-order valence-corrected chi connectivity index (χ1v) is 7.94. The fourth-order valence-corrected chi connectivity index (χ4v) is 2.81. The largest absolute Gasteiger partial charge is 0.461 e. The van der Waals surface area contributed by atoms with Gasteiger partial charge in [0.15, 0.2) is 5.69 Å². The lowest BCUT2D eigenvalue weighted by Gasteiger charge is -2.07. The van der Waals surface area contributed by atoms with E-state index < -0.39 is 5.97 Å². The Hall–Kier alpha value is -2.54. The van der Waals surface area contributed by atoms with E-state index in [-0.39, 0.29) is 24.7 Å². The highest BCUT2D eigenvalue weighted by Gasteiger charge is 2.18. The molecule has 0 spiro atoms. The average Bonchev–Trinajstić information content (AvgIpc) is 3.19. The SMILES string of the molecule is CCOC(=O)c1cc(-c2cncs2)n(Cc2ccccc2F)n1. The van der Waals surface area contributed by atoms with Gasteiger partial charge in [-0.1, -0.05) is 18.2 Å². The summed E-state index contributed by atoms with van der Waals surface area (Å²) in [6.45, 7) is 2.23. The minimum absolute atomic E-state index is 0.201. The van der Waals surface area contributed by atoms with E-state index in [2.05, 4.69) is 10.1 Å². The van der Waals surface area contributed by atoms with Crippen LogP contribution < -0.4 is 0 Å². The minimum atomic E-state index is -0.495. The molecule has 3 aromatic rings. The molecule has 7 heteroatoms. The number of carbonyl (C=O) groups excluding carboxylic acids is 1. The van der Waals surface area contributed by atoms with E-state index in [4.69, 9.17) is 4.74 Å². The molecular weight excluding hydrogens is 317 g/mol. The molecule has 23 heavy (non-hydrogen) atoms. The normalized spacial score (nSPS) is 10.7. The van der Waals surface area contributed by atoms with Gasteiger partial charge in [0.25, 0.3) is 0 Å². The molecule has 0 radical (unpaired) electrons. The molecule has 0 aliphatic carbocycles. The highest BCUT2D eigenvalue weighted by atomic mass is 32.1. The molecule has 0 fully saturated rings. The molecule has 0 unspecified atom stereocenters. The third kappa shape index (κ3) is 3.29. The molecule has 0 N–H and O–H groups in total. The van der Waals surface area contributed by atoms with Crippen molar-refractivity contribution in [2.24, 2.45) is 0 Å². The molecule has 0 bridgehead atoms. The second-order valence-electron chi connectivity index (χ2n) is 4.75. The zero-order valence-corrected chi connectivity index (χ0v) is 13.2. The highest BCUT2D eigenvalue weighted by Crippen LogP contribution is 2.25. The zero-order valence-electron chi connectivity index (χ0n) is 12.4. The van der Waals surface area contributed by atoms with Crippen molar-refractivity contribution >= 4 is 17.3 Å². The molecule has 2 aromatic heterocycles. The lowest BCUT2D eigenvalue weighted by molar-refractivity contribution is 0.0518. The van der Waals surface area contributed by atoms with Crippen LogP contribution in [0.25, 0.3) is 10.6 Å². The van der Waals surface area contributed by atoms with Crippen molar-refractivity contribution in [2.45, 2.75) is 13.5 Å². The van der Waals surface area contributed by atoms with E-state index in [1.54, 1.807) is 47.6 Å². The first-order chi connectivity index (χ1) is 11.2. The van der Waals surface area contributed by atoms with Crippen molar-refractivity contribution in [3.05, 3.63) is 59.1 Å². The summed E-state index contributed by atoms with van der Waals surface area (Å²) in [7, 11) is 0. The Morgan fingerprint density at radius 3 is 2.91 bits per heavy atom. The van der Waals surface area contributed by atoms with Gasteiger partial charge in [-0.05, 0) is 19.1 Å². The topological polar surface area (TPSA) is 57.0 Å². The Labute approximate surface area is 136 Å². The number of carbonyl (C=O) groups is 1. The van der Waals surface area contributed by atoms with Crippen LogP contribution in [0.4, 0.5) is 4.39 Å². The van der Waals surface area contributed by atoms with Crippen LogP contribution in [-0.4, -0.2) is 27.3 Å². The van der Waals surface area contributed by atoms with Crippen LogP contribution in [0.15, 0.2) is 42.0 Å². The standard InChI is InChI=1S/C16H14FN3O2S/c1-2-22-16(21)13-7-14(15-8-18-10-23-15)20(19-13)9-11-5-3-4-6-12(11)17/h3-8,10H,2,9H2,1H3. The third-order valence-corrected chi connectivity index (χ3v) is 4.02. The third-order valence-electron chi connectivity index (χ3n) is 3.23. The van der Waals surface area contributed by atoms with E-state index in [1.807, 2.05) is 0 Å². The number of thiazole rings is 1. The molecule has 3 rings (SSSR count). The summed E-state index contributed by atoms with van der Waals surface area (Å²) >= 11 is 1.43. The maximum atomic E-state index is 13.9. The molecule has 118 valence electrons. The van der Waals surface area contributed by atoms with Crippen LogP contribution in [0.5, 0.6) is 0 Å². The molecule has 5 nitrogen and oxygen atoms in total. The fourth-order valence-electron chi connectivity index (χ4n) is 2.17. The molecule has 0 aliphatic heterocycles. The van der Waals surface area contributed by atoms with Crippen molar-refractivity contribution in [3.8, 4) is 10.6 Å². The van der Waals surface area contributed by atoms with E-state index in [0.717, 1.165) is 4.88 Å². The van der Waals surface area contributed by atoms with Crippen LogP contribution in [0, 0.1) is 5.82 Å². The molecule has 0 atom stereocenters. The number of nitrogens with zero attached hydrogens (tertiary/aromatic N) is 3. The van der Waals surface area contributed by atoms with Crippen LogP contribution in [0.2, 0.25) is 0 Å². The first kappa shape index (κ1) is 15.4. The summed E-state index contributed by atoms with van der Waals surface area (Å²) in [6.07, 6.45) is 1.69. The van der Waals surface area contributed by atoms with Crippen LogP contribution >= 0.6 is 11.3 Å². The van der Waals surface area contributed by atoms with Crippen LogP contribution in [-0.2, 0) is 11.3 Å². The molecule has 0 aliphatic rings. The molecular formula is C16H14FN3O2S. The lowest BCUT2D eigenvalue weighted by Crippen LogP contribution is -2.09. The van der Waals surface area contributed by atoms with Crippen molar-refractivity contribution in [2.75, 3.05) is 6.61 Å². The number of hydrogen-bond donors (Lipinski definition) is 0. The van der Waals surface area contributed by atoms with E-state index >= 15 is 0 Å². The Balaban J connectivity index is 2.00. The van der Waals surface area contributed by atoms with Crippen molar-refractivity contribution in [1.82, 2.24) is 14.8 Å². The maximum Gasteiger partial charge on any atom is 0.358 e. The number of rotatable bonds is 5. The summed E-state index contributed by atoms with van der Waals surface area (Å²) in [4.78, 5) is 16.8. The van der Waals surface area contributed by atoms with E-state index in [1.165, 1.54) is 17.4 Å². The number of hydrogen-bond acceptors (Lipinski definition) is 5. The summed E-state index contributed by atoms with van der Waals surface area (Å²) < 4.78 is 20.5. The average molecular weight is 331 g/mol. The summed E-state index contributed by atoms with van der Waals surface area (Å²) in [5.41, 5.74) is 3.10. The number of ether oxygens (including phenoxy) is 1. The second-order valence-corrected chi connectivity index (χ2v) is 5.64. The van der Waals surface area contributed by atoms with Gasteiger partial charge >= 0.3 is 5.97 Å². The van der Waals surface area contributed by atoms with Crippen molar-refractivity contribution < 1.29 is 13.9 Å². The van der Waals surface area contributed by atoms with E-state index in [0.29, 0.717) is 11.3 Å². The van der Waals surface area contributed by atoms with Gasteiger partial charge in [-0.25, -0.2) is 9.18 Å². The molecule has 0 amide bonds. The quantitative estimate of drug-likeness (QED) is 0.673. The Kier molecular flexibility index (Phi) is 4.47. The second kappa shape index (κ2) is 6.70. The predicted octanol–water partition coefficient (Wildman–Crippen LogP) is 3.37. The van der Waals surface area contributed by atoms with Gasteiger partial charge in [0.2, 0.25) is 0 Å². The van der Waals surface area contributed by atoms with Gasteiger partial charge in [-0.3, -0.25) is 9.67 Å². The highest BCUT2D eigenvalue weighted by molar-refractivity contribution is 7.13. The van der Waals surface area contributed by atoms with Gasteiger partial charge in [-0.15, -0.1) is 11.3 Å². The Morgan fingerprint density at radius 2 is 2.22 bits per heavy atom. The monoisotopic (exact) mass is 331 g/mol. The maximum absolute atomic E-state index is 13.9. The summed E-state index contributed by atoms with van der Waals surface area (Å²) in [5, 5.41) is 4.28. The number of aromatic nitrogens is 3. The molecule has 1 aromatic carbocycles. The smallest absolute Gasteiger partial charge is 0.358 e. The van der Waals surface area contributed by atoms with Gasteiger partial charge < -0.3 is 4.74 Å². The summed E-state index contributed by atoms with van der Waals surface area (Å²) in [6, 6.07) is 8.14. The Morgan fingerprint density at radius 1 is 1.39 bits per heavy atom. The van der Waals surface area contributed by atoms with Crippen molar-refractivity contribution in [3.63, 3.8) is 0 Å². The lowest BCUT2D eigenvalue weighted by atomic mass is 10.2. The fraction of sp³-hybridized carbons (Fsp3) is 0.188. The predicted molar refractivity (Wildman–Crippen MR) is 84.8 cm³/mol. The minimum Gasteiger partial charge on any atom is -0.461 e. The first-order valence-electron chi connectivity index (χ1n) is 7.06. The van der Waals surface area contributed by atoms with Crippen molar-refractivity contribution in [1.29, 1.82) is 0 Å². The van der Waals surface area contributed by atoms with Gasteiger partial charge in [-0.2, -0.15) is 5.10 Å². The summed E-state index contributed by atoms with van der Waals surface area (Å²) in [5.74, 6) is -0.804. The number of esters is 1. The molecule has 2 heterocycles. The molecule has 0 saturated carbocycles. The molecule has 0 saturated heterocycles. The van der Waals surface area contributed by atoms with Crippen LogP contribution in [0.1, 0.15) is 23.0 Å².